The predicted octanol–water partition coefficient (Wildman–Crippen LogP) is 3.45. The molecule has 112 valence electrons. The smallest absolute Gasteiger partial charge is 0.180 e. The second kappa shape index (κ2) is 6.24. The number of aromatic nitrogens is 4. The van der Waals surface area contributed by atoms with E-state index in [2.05, 4.69) is 35.3 Å². The Morgan fingerprint density at radius 2 is 2.05 bits per heavy atom. The summed E-state index contributed by atoms with van der Waals surface area (Å²) in [4.78, 5) is 9.50. The summed E-state index contributed by atoms with van der Waals surface area (Å²) in [7, 11) is 0. The van der Waals surface area contributed by atoms with Gasteiger partial charge in [0, 0.05) is 37.0 Å². The van der Waals surface area contributed by atoms with Gasteiger partial charge in [0.15, 0.2) is 5.82 Å². The highest BCUT2D eigenvalue weighted by Crippen LogP contribution is 2.34. The third kappa shape index (κ3) is 2.91. The number of aryl methyl sites for hydroxylation is 1. The molecule has 3 rings (SSSR count). The molecule has 0 atom stereocenters. The summed E-state index contributed by atoms with van der Waals surface area (Å²) in [5.41, 5.74) is 2.17. The highest BCUT2D eigenvalue weighted by Gasteiger charge is 2.21. The molecule has 1 N–H and O–H groups in total. The Bertz CT molecular complexity index is 598. The lowest BCUT2D eigenvalue weighted by atomic mass is 10.0. The SMILES string of the molecule is CCNc1cc(C2CCCC2)nc(-c2ccnn2CC)n1. The third-order valence-corrected chi connectivity index (χ3v) is 4.12. The van der Waals surface area contributed by atoms with Crippen LogP contribution in [0.25, 0.3) is 11.5 Å². The van der Waals surface area contributed by atoms with E-state index in [1.165, 1.54) is 31.4 Å². The zero-order chi connectivity index (χ0) is 14.7. The van der Waals surface area contributed by atoms with E-state index < -0.39 is 0 Å². The molecule has 2 aromatic rings. The Hall–Kier alpha value is -1.91. The van der Waals surface area contributed by atoms with Crippen molar-refractivity contribution in [2.24, 2.45) is 0 Å². The van der Waals surface area contributed by atoms with Gasteiger partial charge < -0.3 is 5.32 Å². The van der Waals surface area contributed by atoms with Gasteiger partial charge in [-0.3, -0.25) is 4.68 Å². The van der Waals surface area contributed by atoms with E-state index in [-0.39, 0.29) is 0 Å². The van der Waals surface area contributed by atoms with Crippen LogP contribution in [0, 0.1) is 0 Å². The lowest BCUT2D eigenvalue weighted by Crippen LogP contribution is -2.08. The van der Waals surface area contributed by atoms with Crippen molar-refractivity contribution in [2.75, 3.05) is 11.9 Å². The summed E-state index contributed by atoms with van der Waals surface area (Å²) in [6, 6.07) is 4.11. The van der Waals surface area contributed by atoms with Crippen molar-refractivity contribution in [3.63, 3.8) is 0 Å². The summed E-state index contributed by atoms with van der Waals surface area (Å²) in [6.07, 6.45) is 6.93. The molecule has 0 unspecified atom stereocenters. The Balaban J connectivity index is 2.02. The van der Waals surface area contributed by atoms with E-state index >= 15 is 0 Å². The Morgan fingerprint density at radius 3 is 2.76 bits per heavy atom. The van der Waals surface area contributed by atoms with Gasteiger partial charge in [-0.2, -0.15) is 5.10 Å². The van der Waals surface area contributed by atoms with E-state index in [9.17, 15) is 0 Å². The van der Waals surface area contributed by atoms with Gasteiger partial charge in [0.1, 0.15) is 11.5 Å². The standard InChI is InChI=1S/C16H23N5/c1-3-17-15-11-13(12-7-5-6-8-12)19-16(20-15)14-9-10-18-21(14)4-2/h9-12H,3-8H2,1-2H3,(H,17,19,20). The average molecular weight is 285 g/mol. The van der Waals surface area contributed by atoms with Crippen LogP contribution in [0.1, 0.15) is 51.1 Å². The number of rotatable bonds is 5. The molecule has 21 heavy (non-hydrogen) atoms. The van der Waals surface area contributed by atoms with Crippen molar-refractivity contribution in [3.05, 3.63) is 24.0 Å². The van der Waals surface area contributed by atoms with E-state index in [0.717, 1.165) is 30.4 Å². The van der Waals surface area contributed by atoms with Crippen molar-refractivity contribution in [1.82, 2.24) is 19.7 Å². The minimum absolute atomic E-state index is 0.585. The van der Waals surface area contributed by atoms with Gasteiger partial charge in [-0.15, -0.1) is 0 Å². The number of anilines is 1. The molecule has 1 aliphatic carbocycles. The van der Waals surface area contributed by atoms with Crippen LogP contribution in [0.15, 0.2) is 18.3 Å². The first-order valence-corrected chi connectivity index (χ1v) is 7.96. The van der Waals surface area contributed by atoms with Gasteiger partial charge in [-0.05, 0) is 32.8 Å². The molecule has 0 aromatic carbocycles. The first-order valence-electron chi connectivity index (χ1n) is 7.96. The van der Waals surface area contributed by atoms with Gasteiger partial charge in [-0.25, -0.2) is 9.97 Å². The van der Waals surface area contributed by atoms with Crippen LogP contribution < -0.4 is 5.32 Å². The molecule has 2 aromatic heterocycles. The van der Waals surface area contributed by atoms with Gasteiger partial charge in [0.25, 0.3) is 0 Å². The molecule has 0 radical (unpaired) electrons. The van der Waals surface area contributed by atoms with Crippen molar-refractivity contribution in [2.45, 2.75) is 52.0 Å². The zero-order valence-corrected chi connectivity index (χ0v) is 12.8. The van der Waals surface area contributed by atoms with E-state index in [1.54, 1.807) is 0 Å². The molecular formula is C16H23N5. The second-order valence-electron chi connectivity index (χ2n) is 5.55. The van der Waals surface area contributed by atoms with Crippen LogP contribution in [0.4, 0.5) is 5.82 Å². The van der Waals surface area contributed by atoms with E-state index in [0.29, 0.717) is 5.92 Å². The van der Waals surface area contributed by atoms with E-state index in [4.69, 9.17) is 4.98 Å². The minimum Gasteiger partial charge on any atom is -0.370 e. The topological polar surface area (TPSA) is 55.6 Å². The maximum Gasteiger partial charge on any atom is 0.180 e. The van der Waals surface area contributed by atoms with Gasteiger partial charge >= 0.3 is 0 Å². The van der Waals surface area contributed by atoms with Gasteiger partial charge in [0.2, 0.25) is 0 Å². The first-order chi connectivity index (χ1) is 10.3. The van der Waals surface area contributed by atoms with Gasteiger partial charge in [-0.1, -0.05) is 12.8 Å². The van der Waals surface area contributed by atoms with Crippen molar-refractivity contribution in [3.8, 4) is 11.5 Å². The summed E-state index contributed by atoms with van der Waals surface area (Å²) in [5, 5.41) is 7.66. The highest BCUT2D eigenvalue weighted by atomic mass is 15.3. The fourth-order valence-corrected chi connectivity index (χ4v) is 3.06. The van der Waals surface area contributed by atoms with E-state index in [1.807, 2.05) is 16.9 Å². The number of hydrogen-bond donors (Lipinski definition) is 1. The largest absolute Gasteiger partial charge is 0.370 e. The quantitative estimate of drug-likeness (QED) is 0.914. The summed E-state index contributed by atoms with van der Waals surface area (Å²) in [5.74, 6) is 2.30. The van der Waals surface area contributed by atoms with Crippen molar-refractivity contribution in [1.29, 1.82) is 0 Å². The maximum absolute atomic E-state index is 4.84. The van der Waals surface area contributed by atoms with Crippen molar-refractivity contribution >= 4 is 5.82 Å². The van der Waals surface area contributed by atoms with Crippen LogP contribution in [-0.2, 0) is 6.54 Å². The summed E-state index contributed by atoms with van der Waals surface area (Å²) < 4.78 is 1.95. The van der Waals surface area contributed by atoms with Crippen LogP contribution in [0.2, 0.25) is 0 Å². The number of nitrogens with zero attached hydrogens (tertiary/aromatic N) is 4. The average Bonchev–Trinajstić information content (AvgIpc) is 3.18. The minimum atomic E-state index is 0.585. The molecular weight excluding hydrogens is 262 g/mol. The molecule has 5 nitrogen and oxygen atoms in total. The molecule has 5 heteroatoms. The van der Waals surface area contributed by atoms with Crippen LogP contribution >= 0.6 is 0 Å². The molecule has 0 amide bonds. The fourth-order valence-electron chi connectivity index (χ4n) is 3.06. The fraction of sp³-hybridized carbons (Fsp3) is 0.562. The number of nitrogens with one attached hydrogen (secondary N) is 1. The molecule has 0 bridgehead atoms. The highest BCUT2D eigenvalue weighted by molar-refractivity contribution is 5.53. The first kappa shape index (κ1) is 14.0. The second-order valence-corrected chi connectivity index (χ2v) is 5.55. The van der Waals surface area contributed by atoms with Crippen molar-refractivity contribution < 1.29 is 0 Å². The van der Waals surface area contributed by atoms with Crippen LogP contribution in [-0.4, -0.2) is 26.3 Å². The maximum atomic E-state index is 4.84. The normalized spacial score (nSPS) is 15.5. The molecule has 0 saturated heterocycles. The molecule has 1 aliphatic rings. The van der Waals surface area contributed by atoms with Crippen LogP contribution in [0.3, 0.4) is 0 Å². The Morgan fingerprint density at radius 1 is 1.24 bits per heavy atom. The molecule has 1 fully saturated rings. The summed E-state index contributed by atoms with van der Waals surface area (Å²) >= 11 is 0. The lowest BCUT2D eigenvalue weighted by Gasteiger charge is -2.13. The molecule has 2 heterocycles. The predicted molar refractivity (Wildman–Crippen MR) is 84.3 cm³/mol. The molecule has 0 spiro atoms. The lowest BCUT2D eigenvalue weighted by molar-refractivity contribution is 0.659. The molecule has 1 saturated carbocycles. The number of hydrogen-bond acceptors (Lipinski definition) is 4. The Kier molecular flexibility index (Phi) is 4.18. The summed E-state index contributed by atoms with van der Waals surface area (Å²) in [6.45, 7) is 5.87. The zero-order valence-electron chi connectivity index (χ0n) is 12.8. The van der Waals surface area contributed by atoms with Gasteiger partial charge in [0.05, 0.1) is 0 Å². The molecule has 0 aliphatic heterocycles. The third-order valence-electron chi connectivity index (χ3n) is 4.12. The van der Waals surface area contributed by atoms with Crippen LogP contribution in [0.5, 0.6) is 0 Å². The monoisotopic (exact) mass is 285 g/mol. The Labute approximate surface area is 125 Å².